The molecule has 20 heteroatoms. The number of rotatable bonds is 20. The maximum atomic E-state index is 15.2. The van der Waals surface area contributed by atoms with Gasteiger partial charge in [-0.15, -0.1) is 0 Å². The summed E-state index contributed by atoms with van der Waals surface area (Å²) in [5.74, 6) is -7.40. The summed E-state index contributed by atoms with van der Waals surface area (Å²) >= 11 is 0. The molecule has 0 aliphatic carbocycles. The summed E-state index contributed by atoms with van der Waals surface area (Å²) in [5.41, 5.74) is 5.27. The minimum absolute atomic E-state index is 0.0822. The number of hydrogen-bond acceptors (Lipinski definition) is 14. The second kappa shape index (κ2) is 32.4. The number of esters is 4. The number of likely N-dealkylation sites (N-methyl/N-ethyl adjacent to an activating group) is 4. The molecular formula is C66H96N8O12. The molecule has 8 atom stereocenters. The molecule has 86 heavy (non-hydrogen) atoms. The number of carbonyl (C=O) groups excluding carboxylic acids is 8. The minimum atomic E-state index is -1.54. The van der Waals surface area contributed by atoms with Crippen LogP contribution in [0.5, 0.6) is 0 Å². The third-order valence-corrected chi connectivity index (χ3v) is 15.5. The van der Waals surface area contributed by atoms with E-state index in [1.54, 1.807) is 6.07 Å². The first-order valence-corrected chi connectivity index (χ1v) is 30.7. The van der Waals surface area contributed by atoms with Gasteiger partial charge in [-0.3, -0.25) is 28.5 Å². The van der Waals surface area contributed by atoms with Crippen LogP contribution < -0.4 is 0 Å². The van der Waals surface area contributed by atoms with Crippen molar-refractivity contribution in [3.8, 4) is 0 Å². The van der Waals surface area contributed by atoms with Crippen molar-refractivity contribution in [2.75, 3.05) is 28.2 Å². The second-order valence-electron chi connectivity index (χ2n) is 25.0. The lowest BCUT2D eigenvalue weighted by Crippen LogP contribution is -2.55. The van der Waals surface area contributed by atoms with Crippen molar-refractivity contribution in [1.82, 2.24) is 39.2 Å². The van der Waals surface area contributed by atoms with Crippen LogP contribution in [0.25, 0.3) is 0 Å². The van der Waals surface area contributed by atoms with Gasteiger partial charge in [0.15, 0.2) is 24.4 Å². The molecule has 2 aromatic carbocycles. The van der Waals surface area contributed by atoms with Crippen molar-refractivity contribution in [3.05, 3.63) is 107 Å². The Bertz CT molecular complexity index is 2900. The van der Waals surface area contributed by atoms with Gasteiger partial charge in [0.2, 0.25) is 0 Å². The first-order valence-electron chi connectivity index (χ1n) is 30.7. The third kappa shape index (κ3) is 19.8. The third-order valence-electron chi connectivity index (χ3n) is 15.5. The second-order valence-corrected chi connectivity index (χ2v) is 25.0. The Hall–Kier alpha value is -7.38. The molecule has 1 saturated heterocycles. The number of benzene rings is 2. The summed E-state index contributed by atoms with van der Waals surface area (Å²) in [6.07, 6.45) is 5.42. The van der Waals surface area contributed by atoms with Gasteiger partial charge >= 0.3 is 23.9 Å². The van der Waals surface area contributed by atoms with Crippen LogP contribution in [0.3, 0.4) is 0 Å². The predicted octanol–water partition coefficient (Wildman–Crippen LogP) is 8.06. The molecule has 5 rings (SSSR count). The van der Waals surface area contributed by atoms with Gasteiger partial charge in [0, 0.05) is 53.4 Å². The Balaban J connectivity index is 1.59. The number of aryl methyl sites for hydroxylation is 2. The SMILES string of the molecule is CCCc1cnn(Cc2ccc(C[C@H]3OC(=O)[C@H](CC(C)C)N(C)C(=O)[C@@H](C)OC(=O)[C@H](CC(C)C)N(C)C(=O)[C@@H](Cc4cccc(Cn5cc(CCC)cn5)c4)OC(=O)[C@H](CC(C)C)N(C)C(=O)[C@@H](C)OC(=O)[C@H](CC(C)C)N(C)C3=O)cc2)c1. The number of nitrogens with zero attached hydrogens (tertiary/aromatic N) is 8. The molecule has 472 valence electrons. The van der Waals surface area contributed by atoms with Crippen molar-refractivity contribution in [2.24, 2.45) is 23.7 Å². The molecule has 0 spiro atoms. The molecule has 0 bridgehead atoms. The summed E-state index contributed by atoms with van der Waals surface area (Å²) in [6.45, 7) is 22.7. The summed E-state index contributed by atoms with van der Waals surface area (Å²) in [6, 6.07) is 9.74. The number of hydrogen-bond donors (Lipinski definition) is 0. The fourth-order valence-electron chi connectivity index (χ4n) is 10.7. The van der Waals surface area contributed by atoms with Gasteiger partial charge in [0.1, 0.15) is 24.2 Å². The van der Waals surface area contributed by atoms with Crippen molar-refractivity contribution in [2.45, 2.75) is 209 Å². The maximum absolute atomic E-state index is 15.2. The first kappa shape index (κ1) is 69.4. The van der Waals surface area contributed by atoms with E-state index in [2.05, 4.69) is 24.0 Å². The van der Waals surface area contributed by atoms with E-state index < -0.39 is 96.1 Å². The number of amides is 4. The van der Waals surface area contributed by atoms with E-state index in [9.17, 15) is 28.8 Å². The van der Waals surface area contributed by atoms with E-state index in [0.717, 1.165) is 57.7 Å². The largest absolute Gasteiger partial charge is 0.451 e. The van der Waals surface area contributed by atoms with Crippen molar-refractivity contribution < 1.29 is 57.3 Å². The van der Waals surface area contributed by atoms with Crippen LogP contribution in [0.4, 0.5) is 0 Å². The van der Waals surface area contributed by atoms with Crippen LogP contribution >= 0.6 is 0 Å². The summed E-state index contributed by atoms with van der Waals surface area (Å²) in [7, 11) is 5.61. The Morgan fingerprint density at radius 2 is 0.744 bits per heavy atom. The monoisotopic (exact) mass is 1190 g/mol. The lowest BCUT2D eigenvalue weighted by Gasteiger charge is -2.35. The highest BCUT2D eigenvalue weighted by Gasteiger charge is 2.43. The fourth-order valence-corrected chi connectivity index (χ4v) is 10.7. The first-order chi connectivity index (χ1) is 40.6. The van der Waals surface area contributed by atoms with Gasteiger partial charge < -0.3 is 38.5 Å². The molecule has 1 aliphatic heterocycles. The lowest BCUT2D eigenvalue weighted by atomic mass is 9.99. The zero-order valence-corrected chi connectivity index (χ0v) is 53.8. The molecule has 2 aromatic heterocycles. The van der Waals surface area contributed by atoms with Crippen molar-refractivity contribution in [1.29, 1.82) is 0 Å². The van der Waals surface area contributed by atoms with Gasteiger partial charge in [0.05, 0.1) is 25.5 Å². The Morgan fingerprint density at radius 3 is 1.12 bits per heavy atom. The number of cyclic esters (lactones) is 4. The molecule has 0 N–H and O–H groups in total. The zero-order chi connectivity index (χ0) is 63.7. The van der Waals surface area contributed by atoms with E-state index in [1.807, 2.05) is 132 Å². The molecule has 1 fully saturated rings. The van der Waals surface area contributed by atoms with Crippen LogP contribution in [0.1, 0.15) is 155 Å². The molecule has 4 amide bonds. The fraction of sp³-hybridized carbons (Fsp3) is 0.606. The summed E-state index contributed by atoms with van der Waals surface area (Å²) in [4.78, 5) is 123. The average Bonchev–Trinajstić information content (AvgIpc) is 3.87. The number of carbonyl (C=O) groups is 8. The summed E-state index contributed by atoms with van der Waals surface area (Å²) < 4.78 is 28.1. The predicted molar refractivity (Wildman–Crippen MR) is 326 cm³/mol. The van der Waals surface area contributed by atoms with E-state index in [4.69, 9.17) is 18.9 Å². The molecular weight excluding hydrogens is 1100 g/mol. The quantitative estimate of drug-likeness (QED) is 0.0603. The topological polar surface area (TPSA) is 222 Å². The normalized spacial score (nSPS) is 22.5. The van der Waals surface area contributed by atoms with Gasteiger partial charge in [0.25, 0.3) is 23.6 Å². The molecule has 1 aliphatic rings. The van der Waals surface area contributed by atoms with E-state index in [-0.39, 0.29) is 62.2 Å². The standard InChI is InChI=1S/C66H96N8O12/c1-17-20-51-35-67-73(39-51)37-48-26-24-47(25-27-48)33-57-61(77)71(15)53(28-41(3)4)63(79)83-46(12)60(76)70(14)56(31-44(9)10)66(82)86-58(34-49-22-19-23-50(32-49)38-74-40-52(21-18-2)36-68-74)62(78)72(16)54(29-42(5)6)64(80)84-45(11)59(75)69(13)55(30-43(7)8)65(81)85-57/h19,22-27,32,35-36,39-46,53-58H,17-18,20-21,28-31,33-34,37-38H2,1-16H3/t45-,46-,53+,54+,55+,56+,57-,58-/m1/s1. The molecule has 0 radical (unpaired) electrons. The molecule has 0 saturated carbocycles. The van der Waals surface area contributed by atoms with Crippen molar-refractivity contribution in [3.63, 3.8) is 0 Å². The Kier molecular flexibility index (Phi) is 26.1. The van der Waals surface area contributed by atoms with Crippen LogP contribution in [0.15, 0.2) is 73.3 Å². The number of aromatic nitrogens is 4. The molecule has 4 aromatic rings. The molecule has 20 nitrogen and oxygen atoms in total. The molecule has 0 unspecified atom stereocenters. The average molecular weight is 1190 g/mol. The molecule has 3 heterocycles. The zero-order valence-electron chi connectivity index (χ0n) is 53.8. The summed E-state index contributed by atoms with van der Waals surface area (Å²) in [5, 5.41) is 9.03. The van der Waals surface area contributed by atoms with Gasteiger partial charge in [-0.1, -0.05) is 131 Å². The van der Waals surface area contributed by atoms with E-state index >= 15 is 9.59 Å². The Morgan fingerprint density at radius 1 is 0.419 bits per heavy atom. The van der Waals surface area contributed by atoms with Crippen LogP contribution in [-0.4, -0.2) is 163 Å². The maximum Gasteiger partial charge on any atom is 0.329 e. The highest BCUT2D eigenvalue weighted by Crippen LogP contribution is 2.25. The smallest absolute Gasteiger partial charge is 0.329 e. The van der Waals surface area contributed by atoms with Crippen LogP contribution in [0, 0.1) is 23.7 Å². The van der Waals surface area contributed by atoms with Gasteiger partial charge in [-0.05, 0) is 109 Å². The van der Waals surface area contributed by atoms with Crippen LogP contribution in [-0.2, 0) is 96.1 Å². The Labute approximate surface area is 509 Å². The van der Waals surface area contributed by atoms with Crippen molar-refractivity contribution >= 4 is 47.5 Å². The lowest BCUT2D eigenvalue weighted by molar-refractivity contribution is -0.176. The van der Waals surface area contributed by atoms with Crippen LogP contribution in [0.2, 0.25) is 0 Å². The minimum Gasteiger partial charge on any atom is -0.451 e. The highest BCUT2D eigenvalue weighted by atomic mass is 16.6. The number of ether oxygens (including phenoxy) is 4. The van der Waals surface area contributed by atoms with E-state index in [1.165, 1.54) is 51.8 Å². The van der Waals surface area contributed by atoms with E-state index in [0.29, 0.717) is 24.2 Å². The van der Waals surface area contributed by atoms with Gasteiger partial charge in [-0.25, -0.2) is 19.2 Å². The van der Waals surface area contributed by atoms with Gasteiger partial charge in [-0.2, -0.15) is 10.2 Å². The highest BCUT2D eigenvalue weighted by molar-refractivity contribution is 5.94.